The van der Waals surface area contributed by atoms with Crippen molar-refractivity contribution in [2.45, 2.75) is 118 Å². The van der Waals surface area contributed by atoms with Crippen molar-refractivity contribution in [2.24, 2.45) is 0 Å². The molecule has 0 aliphatic heterocycles. The van der Waals surface area contributed by atoms with Crippen molar-refractivity contribution < 1.29 is 19.1 Å². The summed E-state index contributed by atoms with van der Waals surface area (Å²) < 4.78 is 5.80. The Balaban J connectivity index is 2.76. The highest BCUT2D eigenvalue weighted by atomic mass is 28.3. The highest BCUT2D eigenvalue weighted by Crippen LogP contribution is 2.42. The first-order valence-corrected chi connectivity index (χ1v) is 17.8. The van der Waals surface area contributed by atoms with Gasteiger partial charge < -0.3 is 15.0 Å². The summed E-state index contributed by atoms with van der Waals surface area (Å²) in [6, 6.07) is 11.9. The molecule has 0 radical (unpaired) electrons. The number of hydrogen-bond donors (Lipinski definition) is 1. The number of nitrogens with zero attached hydrogens (tertiary/aromatic N) is 1. The van der Waals surface area contributed by atoms with Crippen LogP contribution in [0.15, 0.2) is 36.4 Å². The second-order valence-corrected chi connectivity index (χ2v) is 18.5. The van der Waals surface area contributed by atoms with E-state index in [0.717, 1.165) is 27.8 Å². The van der Waals surface area contributed by atoms with Crippen LogP contribution in [0, 0.1) is 18.4 Å². The maximum Gasteiger partial charge on any atom is 0.312 e. The molecule has 0 heterocycles. The van der Waals surface area contributed by atoms with Gasteiger partial charge in [-0.3, -0.25) is 14.4 Å². The molecule has 2 aromatic rings. The smallest absolute Gasteiger partial charge is 0.312 e. The molecule has 43 heavy (non-hydrogen) atoms. The molecule has 234 valence electrons. The highest BCUT2D eigenvalue weighted by molar-refractivity contribution is 6.90. The molecule has 0 saturated carbocycles. The number of esters is 1. The number of amides is 2. The Bertz CT molecular complexity index is 1320. The standard InChI is InChI=1S/C36H52N2O4Si/c1-23(2)38(24(3)4)36(41)35(40)37-20-18-32-31(19-21-43(25(5)6,26(7)8)27(9)10)33(30-16-14-13-15-17-30)22-28(11)34(32)42-29(12)39/h13-17,22-27H,18,20H2,1-12H3,(H,37,40). The van der Waals surface area contributed by atoms with E-state index in [4.69, 9.17) is 4.74 Å². The lowest BCUT2D eigenvalue weighted by atomic mass is 9.91. The van der Waals surface area contributed by atoms with E-state index in [0.29, 0.717) is 28.8 Å². The van der Waals surface area contributed by atoms with Crippen LogP contribution < -0.4 is 10.1 Å². The number of nitrogens with one attached hydrogen (secondary N) is 1. The van der Waals surface area contributed by atoms with E-state index >= 15 is 0 Å². The average Bonchev–Trinajstić information content (AvgIpc) is 2.90. The predicted molar refractivity (Wildman–Crippen MR) is 180 cm³/mol. The van der Waals surface area contributed by atoms with Gasteiger partial charge in [-0.2, -0.15) is 0 Å². The molecule has 0 saturated heterocycles. The van der Waals surface area contributed by atoms with Crippen LogP contribution in [-0.2, 0) is 20.8 Å². The van der Waals surface area contributed by atoms with Crippen LogP contribution in [0.4, 0.5) is 0 Å². The first-order valence-electron chi connectivity index (χ1n) is 15.6. The molecular weight excluding hydrogens is 552 g/mol. The second-order valence-electron chi connectivity index (χ2n) is 12.9. The molecule has 6 nitrogen and oxygen atoms in total. The molecule has 2 amide bonds. The van der Waals surface area contributed by atoms with Gasteiger partial charge in [-0.05, 0) is 80.4 Å². The van der Waals surface area contributed by atoms with Crippen molar-refractivity contribution in [3.63, 3.8) is 0 Å². The minimum atomic E-state index is -2.11. The number of aryl methyl sites for hydroxylation is 1. The van der Waals surface area contributed by atoms with E-state index in [1.807, 2.05) is 58.9 Å². The summed E-state index contributed by atoms with van der Waals surface area (Å²) >= 11 is 0. The zero-order valence-electron chi connectivity index (χ0n) is 28.3. The zero-order valence-corrected chi connectivity index (χ0v) is 29.3. The maximum absolute atomic E-state index is 13.0. The molecule has 2 rings (SSSR count). The molecule has 0 aliphatic rings. The van der Waals surface area contributed by atoms with E-state index in [1.165, 1.54) is 6.92 Å². The van der Waals surface area contributed by atoms with Crippen LogP contribution in [0.5, 0.6) is 5.75 Å². The lowest BCUT2D eigenvalue weighted by Crippen LogP contribution is -2.49. The molecule has 0 fully saturated rings. The summed E-state index contributed by atoms with van der Waals surface area (Å²) in [5.41, 5.74) is 9.53. The fraction of sp³-hybridized carbons (Fsp3) is 0.528. The molecule has 0 aromatic heterocycles. The van der Waals surface area contributed by atoms with Gasteiger partial charge in [0.2, 0.25) is 0 Å². The number of carbonyl (C=O) groups excluding carboxylic acids is 3. The fourth-order valence-corrected chi connectivity index (χ4v) is 11.8. The van der Waals surface area contributed by atoms with Crippen LogP contribution in [0.1, 0.15) is 92.9 Å². The van der Waals surface area contributed by atoms with E-state index < -0.39 is 25.9 Å². The van der Waals surface area contributed by atoms with Crippen LogP contribution in [0.25, 0.3) is 11.1 Å². The number of ether oxygens (including phenoxy) is 1. The van der Waals surface area contributed by atoms with Gasteiger partial charge in [0.15, 0.2) is 0 Å². The minimum Gasteiger partial charge on any atom is -0.426 e. The summed E-state index contributed by atoms with van der Waals surface area (Å²) in [6.07, 6.45) is 0.343. The van der Waals surface area contributed by atoms with Gasteiger partial charge in [-0.1, -0.05) is 77.8 Å². The SMILES string of the molecule is CC(=O)Oc1c(C)cc(-c2ccccc2)c(C#C[Si](C(C)C)(C(C)C)C(C)C)c1CCNC(=O)C(=O)N(C(C)C)C(C)C. The van der Waals surface area contributed by atoms with Gasteiger partial charge in [0.05, 0.1) is 0 Å². The molecular formula is C36H52N2O4Si. The Morgan fingerprint density at radius 2 is 1.42 bits per heavy atom. The quantitative estimate of drug-likeness (QED) is 0.100. The molecule has 0 bridgehead atoms. The molecule has 0 spiro atoms. The average molecular weight is 605 g/mol. The Morgan fingerprint density at radius 3 is 1.88 bits per heavy atom. The van der Waals surface area contributed by atoms with Crippen molar-refractivity contribution in [1.82, 2.24) is 10.2 Å². The Labute approximate surface area is 261 Å². The van der Waals surface area contributed by atoms with Crippen LogP contribution in [-0.4, -0.2) is 49.4 Å². The molecule has 7 heteroatoms. The topological polar surface area (TPSA) is 75.7 Å². The highest BCUT2D eigenvalue weighted by Gasteiger charge is 2.42. The van der Waals surface area contributed by atoms with Gasteiger partial charge in [-0.25, -0.2) is 0 Å². The van der Waals surface area contributed by atoms with E-state index in [2.05, 4.69) is 70.5 Å². The number of hydrogen-bond acceptors (Lipinski definition) is 4. The summed E-state index contributed by atoms with van der Waals surface area (Å²) in [5.74, 6) is 2.49. The van der Waals surface area contributed by atoms with Crippen molar-refractivity contribution in [3.05, 3.63) is 53.1 Å². The Kier molecular flexibility index (Phi) is 12.8. The summed E-state index contributed by atoms with van der Waals surface area (Å²) in [6.45, 7) is 24.8. The van der Waals surface area contributed by atoms with Gasteiger partial charge in [-0.15, -0.1) is 5.54 Å². The lowest BCUT2D eigenvalue weighted by molar-refractivity contribution is -0.148. The normalized spacial score (nSPS) is 11.7. The molecule has 0 aliphatic carbocycles. The predicted octanol–water partition coefficient (Wildman–Crippen LogP) is 7.46. The van der Waals surface area contributed by atoms with E-state index in [1.54, 1.807) is 4.90 Å². The molecule has 0 unspecified atom stereocenters. The Morgan fingerprint density at radius 1 is 0.884 bits per heavy atom. The van der Waals surface area contributed by atoms with Crippen LogP contribution in [0.3, 0.4) is 0 Å². The minimum absolute atomic E-state index is 0.104. The molecule has 2 aromatic carbocycles. The van der Waals surface area contributed by atoms with Gasteiger partial charge >= 0.3 is 17.8 Å². The van der Waals surface area contributed by atoms with E-state index in [9.17, 15) is 14.4 Å². The zero-order chi connectivity index (χ0) is 32.6. The number of carbonyl (C=O) groups is 3. The van der Waals surface area contributed by atoms with Gasteiger partial charge in [0, 0.05) is 36.7 Å². The maximum atomic E-state index is 13.0. The summed E-state index contributed by atoms with van der Waals surface area (Å²) in [5, 5.41) is 2.82. The van der Waals surface area contributed by atoms with Gasteiger partial charge in [0.25, 0.3) is 0 Å². The van der Waals surface area contributed by atoms with Crippen molar-refractivity contribution >= 4 is 25.9 Å². The second kappa shape index (κ2) is 15.4. The third-order valence-electron chi connectivity index (χ3n) is 8.37. The molecule has 1 N–H and O–H groups in total. The van der Waals surface area contributed by atoms with E-state index in [-0.39, 0.29) is 18.6 Å². The monoisotopic (exact) mass is 604 g/mol. The number of rotatable bonds is 10. The fourth-order valence-electron chi connectivity index (χ4n) is 6.54. The first-order chi connectivity index (χ1) is 20.1. The summed E-state index contributed by atoms with van der Waals surface area (Å²) in [7, 11) is -2.11. The van der Waals surface area contributed by atoms with Crippen molar-refractivity contribution in [3.8, 4) is 28.3 Å². The number of benzene rings is 2. The van der Waals surface area contributed by atoms with Crippen LogP contribution >= 0.6 is 0 Å². The largest absolute Gasteiger partial charge is 0.426 e. The Hall–Kier alpha value is -3.37. The molecule has 0 atom stereocenters. The lowest BCUT2D eigenvalue weighted by Gasteiger charge is -2.38. The van der Waals surface area contributed by atoms with Gasteiger partial charge in [0.1, 0.15) is 13.8 Å². The first kappa shape index (κ1) is 35.8. The van der Waals surface area contributed by atoms with Crippen molar-refractivity contribution in [2.75, 3.05) is 6.54 Å². The third kappa shape index (κ3) is 8.38. The summed E-state index contributed by atoms with van der Waals surface area (Å²) in [4.78, 5) is 39.8. The van der Waals surface area contributed by atoms with Crippen LogP contribution in [0.2, 0.25) is 16.6 Å². The van der Waals surface area contributed by atoms with Crippen molar-refractivity contribution in [1.29, 1.82) is 0 Å². The third-order valence-corrected chi connectivity index (χ3v) is 14.7.